The van der Waals surface area contributed by atoms with E-state index in [1.807, 2.05) is 13.8 Å². The Kier molecular flexibility index (Phi) is 18.7. The molecule has 2 N–H and O–H groups in total. The molecule has 0 radical (unpaired) electrons. The number of carbonyl (C=O) groups excluding carboxylic acids is 1. The summed E-state index contributed by atoms with van der Waals surface area (Å²) in [6, 6.07) is 0. The van der Waals surface area contributed by atoms with Crippen molar-refractivity contribution in [3.63, 3.8) is 0 Å². The Bertz CT molecular complexity index is 535. The first kappa shape index (κ1) is 32.7. The minimum atomic E-state index is -2.19. The lowest BCUT2D eigenvalue weighted by molar-refractivity contribution is -0.214. The van der Waals surface area contributed by atoms with Crippen molar-refractivity contribution in [1.29, 1.82) is 5.41 Å². The Morgan fingerprint density at radius 2 is 1.42 bits per heavy atom. The van der Waals surface area contributed by atoms with E-state index in [9.17, 15) is 9.90 Å². The van der Waals surface area contributed by atoms with Crippen molar-refractivity contribution in [3.05, 3.63) is 0 Å². The fourth-order valence-electron chi connectivity index (χ4n) is 2.78. The molecule has 0 heterocycles. The van der Waals surface area contributed by atoms with Gasteiger partial charge < -0.3 is 28.8 Å². The molecule has 0 aromatic rings. The fourth-order valence-corrected chi connectivity index (χ4v) is 2.91. The first-order valence-electron chi connectivity index (χ1n) is 11.6. The second kappa shape index (κ2) is 18.9. The first-order valence-corrected chi connectivity index (χ1v) is 12.7. The van der Waals surface area contributed by atoms with Crippen LogP contribution in [0, 0.1) is 5.41 Å². The molecule has 196 valence electrons. The third-order valence-corrected chi connectivity index (χ3v) is 5.11. The maximum atomic E-state index is 11.8. The van der Waals surface area contributed by atoms with E-state index in [1.165, 1.54) is 6.92 Å². The standard InChI is InChI=1S/C22H40Cl3NO7/c1-5-8-12-29-15-11-17(30-13-9-6-2)18(31-14-10-7-3)19(32-16(4)27)20(28)33-21(26)22(23,24)25/h17-20,26,28H,5-15H2,1-4H3/t17-,18+,19?,20-/m1/s1. The average Bonchev–Trinajstić information content (AvgIpc) is 2.73. The zero-order valence-electron chi connectivity index (χ0n) is 20.1. The number of halogens is 3. The molecule has 1 unspecified atom stereocenters. The summed E-state index contributed by atoms with van der Waals surface area (Å²) < 4.78 is 26.1. The molecule has 0 amide bonds. The van der Waals surface area contributed by atoms with Crippen LogP contribution in [0.25, 0.3) is 0 Å². The SMILES string of the molecule is CCCCOCC[C@@H](OCCCC)[C@H](OCCCC)C(OC(C)=O)[C@H](O)OC(=N)C(Cl)(Cl)Cl. The summed E-state index contributed by atoms with van der Waals surface area (Å²) in [5, 5.41) is 18.5. The van der Waals surface area contributed by atoms with Gasteiger partial charge in [0.15, 0.2) is 6.10 Å². The molecule has 33 heavy (non-hydrogen) atoms. The number of nitrogens with one attached hydrogen (secondary N) is 1. The largest absolute Gasteiger partial charge is 0.453 e. The third-order valence-electron chi connectivity index (χ3n) is 4.60. The lowest BCUT2D eigenvalue weighted by Crippen LogP contribution is -2.51. The molecule has 0 fully saturated rings. The van der Waals surface area contributed by atoms with Gasteiger partial charge in [-0.1, -0.05) is 74.8 Å². The predicted octanol–water partition coefficient (Wildman–Crippen LogP) is 5.18. The molecule has 0 saturated carbocycles. The van der Waals surface area contributed by atoms with Crippen LogP contribution in [0.15, 0.2) is 0 Å². The van der Waals surface area contributed by atoms with E-state index in [-0.39, 0.29) is 0 Å². The summed E-state index contributed by atoms with van der Waals surface area (Å²) in [5.74, 6) is -1.48. The number of aliphatic hydroxyl groups excluding tert-OH is 1. The van der Waals surface area contributed by atoms with E-state index in [0.717, 1.165) is 38.5 Å². The Hall–Kier alpha value is -0.350. The van der Waals surface area contributed by atoms with Gasteiger partial charge >= 0.3 is 5.97 Å². The van der Waals surface area contributed by atoms with Crippen molar-refractivity contribution < 1.29 is 33.6 Å². The third kappa shape index (κ3) is 15.3. The lowest BCUT2D eigenvalue weighted by Gasteiger charge is -2.35. The van der Waals surface area contributed by atoms with Crippen molar-refractivity contribution >= 4 is 46.7 Å². The van der Waals surface area contributed by atoms with Gasteiger partial charge in [-0.15, -0.1) is 0 Å². The Morgan fingerprint density at radius 3 is 1.94 bits per heavy atom. The molecule has 0 rings (SSSR count). The topological polar surface area (TPSA) is 107 Å². The normalized spacial score (nSPS) is 15.5. The molecule has 0 aliphatic rings. The Balaban J connectivity index is 5.73. The second-order valence-corrected chi connectivity index (χ2v) is 9.90. The summed E-state index contributed by atoms with van der Waals surface area (Å²) in [6.07, 6.45) is 1.18. The van der Waals surface area contributed by atoms with Crippen molar-refractivity contribution in [3.8, 4) is 0 Å². The zero-order chi connectivity index (χ0) is 25.3. The molecule has 0 spiro atoms. The van der Waals surface area contributed by atoms with Gasteiger partial charge in [0, 0.05) is 33.4 Å². The van der Waals surface area contributed by atoms with Crippen molar-refractivity contribution in [2.45, 2.75) is 101 Å². The van der Waals surface area contributed by atoms with E-state index in [1.54, 1.807) is 0 Å². The number of carbonyl (C=O) groups is 1. The van der Waals surface area contributed by atoms with Crippen molar-refractivity contribution in [2.75, 3.05) is 26.4 Å². The highest BCUT2D eigenvalue weighted by molar-refractivity contribution is 6.76. The van der Waals surface area contributed by atoms with Gasteiger partial charge in [-0.3, -0.25) is 10.2 Å². The van der Waals surface area contributed by atoms with Gasteiger partial charge in [0.1, 0.15) is 6.10 Å². The van der Waals surface area contributed by atoms with Crippen LogP contribution in [0.5, 0.6) is 0 Å². The number of aliphatic hydroxyl groups is 1. The molecule has 0 aromatic carbocycles. The minimum Gasteiger partial charge on any atom is -0.453 e. The molecule has 0 bridgehead atoms. The van der Waals surface area contributed by atoms with Crippen molar-refractivity contribution in [1.82, 2.24) is 0 Å². The van der Waals surface area contributed by atoms with Crippen LogP contribution in [-0.2, 0) is 28.5 Å². The number of rotatable bonds is 19. The summed E-state index contributed by atoms with van der Waals surface area (Å²) in [4.78, 5) is 11.8. The summed E-state index contributed by atoms with van der Waals surface area (Å²) in [7, 11) is 0. The van der Waals surface area contributed by atoms with Gasteiger partial charge in [-0.25, -0.2) is 0 Å². The second-order valence-electron chi connectivity index (χ2n) is 7.62. The van der Waals surface area contributed by atoms with Crippen LogP contribution in [-0.4, -0.2) is 71.8 Å². The lowest BCUT2D eigenvalue weighted by atomic mass is 10.0. The van der Waals surface area contributed by atoms with Crippen LogP contribution in [0.2, 0.25) is 0 Å². The maximum absolute atomic E-state index is 11.8. The monoisotopic (exact) mass is 535 g/mol. The van der Waals surface area contributed by atoms with Gasteiger partial charge in [-0.2, -0.15) is 0 Å². The molecule has 0 aromatic heterocycles. The molecule has 11 heteroatoms. The number of esters is 1. The fraction of sp³-hybridized carbons (Fsp3) is 0.909. The minimum absolute atomic E-state index is 0.345. The van der Waals surface area contributed by atoms with Gasteiger partial charge in [0.25, 0.3) is 3.79 Å². The molecule has 4 atom stereocenters. The quantitative estimate of drug-likeness (QED) is 0.0585. The number of alkyl halides is 3. The smallest absolute Gasteiger partial charge is 0.303 e. The van der Waals surface area contributed by atoms with Crippen LogP contribution in [0.1, 0.15) is 72.6 Å². The molecule has 8 nitrogen and oxygen atoms in total. The van der Waals surface area contributed by atoms with Gasteiger partial charge in [0.2, 0.25) is 12.2 Å². The highest BCUT2D eigenvalue weighted by Gasteiger charge is 2.42. The Labute approximate surface area is 213 Å². The van der Waals surface area contributed by atoms with Gasteiger partial charge in [-0.05, 0) is 25.7 Å². The summed E-state index contributed by atoms with van der Waals surface area (Å²) in [6.45, 7) is 9.16. The van der Waals surface area contributed by atoms with E-state index in [4.69, 9.17) is 63.9 Å². The predicted molar refractivity (Wildman–Crippen MR) is 130 cm³/mol. The molecule has 0 aliphatic carbocycles. The number of ether oxygens (including phenoxy) is 5. The van der Waals surface area contributed by atoms with E-state index in [0.29, 0.717) is 32.8 Å². The van der Waals surface area contributed by atoms with Crippen LogP contribution in [0.3, 0.4) is 0 Å². The van der Waals surface area contributed by atoms with E-state index < -0.39 is 40.3 Å². The zero-order valence-corrected chi connectivity index (χ0v) is 22.4. The van der Waals surface area contributed by atoms with Crippen LogP contribution >= 0.6 is 34.8 Å². The summed E-state index contributed by atoms with van der Waals surface area (Å²) >= 11 is 17.0. The van der Waals surface area contributed by atoms with Gasteiger partial charge in [0.05, 0.1) is 6.10 Å². The number of hydrogen-bond acceptors (Lipinski definition) is 8. The first-order chi connectivity index (χ1) is 15.6. The van der Waals surface area contributed by atoms with Crippen molar-refractivity contribution in [2.24, 2.45) is 0 Å². The summed E-state index contributed by atoms with van der Waals surface area (Å²) in [5.41, 5.74) is 0. The highest BCUT2D eigenvalue weighted by Crippen LogP contribution is 2.29. The van der Waals surface area contributed by atoms with E-state index in [2.05, 4.69) is 6.92 Å². The van der Waals surface area contributed by atoms with Crippen LogP contribution < -0.4 is 0 Å². The maximum Gasteiger partial charge on any atom is 0.303 e. The molecule has 0 aliphatic heterocycles. The average molecular weight is 537 g/mol. The molecule has 0 saturated heterocycles. The van der Waals surface area contributed by atoms with E-state index >= 15 is 0 Å². The molecular formula is C22H40Cl3NO7. The molecular weight excluding hydrogens is 497 g/mol. The highest BCUT2D eigenvalue weighted by atomic mass is 35.6. The Morgan fingerprint density at radius 1 is 0.879 bits per heavy atom. The van der Waals surface area contributed by atoms with Crippen LogP contribution in [0.4, 0.5) is 0 Å². The number of unbranched alkanes of at least 4 members (excludes halogenated alkanes) is 3. The number of hydrogen-bond donors (Lipinski definition) is 2.